The summed E-state index contributed by atoms with van der Waals surface area (Å²) in [7, 11) is 0. The van der Waals surface area contributed by atoms with Gasteiger partial charge in [0.15, 0.2) is 0 Å². The van der Waals surface area contributed by atoms with E-state index in [4.69, 9.17) is 0 Å². The Labute approximate surface area is 385 Å². The minimum Gasteiger partial charge on any atom is -0.267 e. The lowest BCUT2D eigenvalue weighted by Gasteiger charge is -2.09. The molecule has 2 rings (SSSR count). The Morgan fingerprint density at radius 1 is 0.274 bits per heavy atom. The maximum absolute atomic E-state index is 12.7. The zero-order valence-electron chi connectivity index (χ0n) is 41.1. The fourth-order valence-corrected chi connectivity index (χ4v) is 9.07. The van der Waals surface area contributed by atoms with Crippen molar-refractivity contribution in [3.05, 3.63) is 70.8 Å². The van der Waals surface area contributed by atoms with Crippen LogP contribution in [-0.2, 0) is 12.8 Å². The van der Waals surface area contributed by atoms with Crippen molar-refractivity contribution < 1.29 is 9.59 Å². The van der Waals surface area contributed by atoms with Gasteiger partial charge in [0.1, 0.15) is 0 Å². The second-order valence-electron chi connectivity index (χ2n) is 19.2. The number of hydrogen-bond acceptors (Lipinski definition) is 2. The molecule has 0 unspecified atom stereocenters. The second-order valence-corrected chi connectivity index (χ2v) is 19.2. The van der Waals surface area contributed by atoms with E-state index in [1.54, 1.807) is 0 Å². The largest absolute Gasteiger partial charge is 0.269 e. The van der Waals surface area contributed by atoms with Crippen molar-refractivity contribution in [3.63, 3.8) is 0 Å². The van der Waals surface area contributed by atoms with Crippen molar-refractivity contribution in [1.29, 1.82) is 0 Å². The van der Waals surface area contributed by atoms with Crippen LogP contribution in [-0.4, -0.2) is 11.8 Å². The number of carbonyl (C=O) groups excluding carboxylic acids is 2. The quantitative estimate of drug-likeness (QED) is 0.0515. The molecule has 0 aliphatic carbocycles. The summed E-state index contributed by atoms with van der Waals surface area (Å²) >= 11 is 0. The van der Waals surface area contributed by atoms with Crippen LogP contribution < -0.4 is 10.9 Å². The molecule has 0 aliphatic heterocycles. The normalized spacial score (nSPS) is 11.3. The van der Waals surface area contributed by atoms with E-state index in [2.05, 4.69) is 24.7 Å². The summed E-state index contributed by atoms with van der Waals surface area (Å²) in [6.07, 6.45) is 58.1. The number of hydrazine groups is 1. The topological polar surface area (TPSA) is 58.2 Å². The van der Waals surface area contributed by atoms with Gasteiger partial charge in [-0.2, -0.15) is 0 Å². The number of hydrogen-bond donors (Lipinski definition) is 2. The first-order chi connectivity index (χ1) is 30.6. The zero-order valence-corrected chi connectivity index (χ0v) is 41.1. The minimum absolute atomic E-state index is 0.292. The molecule has 62 heavy (non-hydrogen) atoms. The Hall–Kier alpha value is -2.62. The van der Waals surface area contributed by atoms with Gasteiger partial charge in [0.25, 0.3) is 11.8 Å². The van der Waals surface area contributed by atoms with Crippen molar-refractivity contribution in [2.75, 3.05) is 0 Å². The van der Waals surface area contributed by atoms with Gasteiger partial charge >= 0.3 is 0 Å². The molecule has 4 nitrogen and oxygen atoms in total. The third-order valence-electron chi connectivity index (χ3n) is 13.4. The van der Waals surface area contributed by atoms with Crippen molar-refractivity contribution in [1.82, 2.24) is 10.9 Å². The molecule has 0 atom stereocenters. The third kappa shape index (κ3) is 33.0. The van der Waals surface area contributed by atoms with Crippen LogP contribution in [0.15, 0.2) is 48.5 Å². The molecule has 0 radical (unpaired) electrons. The van der Waals surface area contributed by atoms with Crippen LogP contribution in [0.25, 0.3) is 0 Å². The van der Waals surface area contributed by atoms with E-state index in [9.17, 15) is 9.59 Å². The van der Waals surface area contributed by atoms with E-state index in [0.29, 0.717) is 11.1 Å². The SMILES string of the molecule is CCCCCCCCCCCCCCCCCCCCCCc1ccc(C(=O)NNC(=O)c2ccc(CCCCCCCCCCCCCCCCCCCCCC)cc2)cc1. The van der Waals surface area contributed by atoms with Crippen LogP contribution in [0.1, 0.15) is 303 Å². The number of unbranched alkanes of at least 4 members (excludes halogenated alkanes) is 38. The van der Waals surface area contributed by atoms with E-state index in [-0.39, 0.29) is 11.8 Å². The lowest BCUT2D eigenvalue weighted by atomic mass is 10.0. The van der Waals surface area contributed by atoms with Gasteiger partial charge in [0.05, 0.1) is 0 Å². The fourth-order valence-electron chi connectivity index (χ4n) is 9.07. The summed E-state index contributed by atoms with van der Waals surface area (Å²) in [6, 6.07) is 15.6. The molecule has 0 saturated heterocycles. The molecule has 2 aromatic rings. The van der Waals surface area contributed by atoms with Gasteiger partial charge in [0.2, 0.25) is 0 Å². The molecule has 2 amide bonds. The number of nitrogens with one attached hydrogen (secondary N) is 2. The summed E-state index contributed by atoms with van der Waals surface area (Å²) in [5.41, 5.74) is 8.83. The van der Waals surface area contributed by atoms with Gasteiger partial charge in [-0.05, 0) is 61.1 Å². The van der Waals surface area contributed by atoms with Crippen LogP contribution in [0.2, 0.25) is 0 Å². The lowest BCUT2D eigenvalue weighted by molar-refractivity contribution is 0.0846. The molecule has 2 aromatic carbocycles. The average molecular weight is 857 g/mol. The second kappa shape index (κ2) is 42.3. The number of aryl methyl sites for hydroxylation is 2. The van der Waals surface area contributed by atoms with E-state index in [1.165, 1.54) is 268 Å². The molecule has 0 aromatic heterocycles. The molecule has 2 N–H and O–H groups in total. The lowest BCUT2D eigenvalue weighted by Crippen LogP contribution is -2.41. The highest BCUT2D eigenvalue weighted by atomic mass is 16.2. The number of rotatable bonds is 44. The van der Waals surface area contributed by atoms with Crippen molar-refractivity contribution in [3.8, 4) is 0 Å². The predicted molar refractivity (Wildman–Crippen MR) is 271 cm³/mol. The third-order valence-corrected chi connectivity index (χ3v) is 13.4. The maximum atomic E-state index is 12.7. The Balaban J connectivity index is 1.37. The summed E-state index contributed by atoms with van der Waals surface area (Å²) in [4.78, 5) is 25.4. The fraction of sp³-hybridized carbons (Fsp3) is 0.759. The van der Waals surface area contributed by atoms with Crippen LogP contribution in [0.3, 0.4) is 0 Å². The van der Waals surface area contributed by atoms with Gasteiger partial charge in [-0.15, -0.1) is 0 Å². The van der Waals surface area contributed by atoms with E-state index in [1.807, 2.05) is 48.5 Å². The number of carbonyl (C=O) groups is 2. The average Bonchev–Trinajstić information content (AvgIpc) is 3.29. The van der Waals surface area contributed by atoms with Crippen molar-refractivity contribution in [2.24, 2.45) is 0 Å². The summed E-state index contributed by atoms with van der Waals surface area (Å²) < 4.78 is 0. The van der Waals surface area contributed by atoms with Crippen molar-refractivity contribution >= 4 is 11.8 Å². The van der Waals surface area contributed by atoms with Gasteiger partial charge in [-0.1, -0.05) is 282 Å². The molecule has 4 heteroatoms. The van der Waals surface area contributed by atoms with Gasteiger partial charge in [-0.3, -0.25) is 20.4 Å². The first-order valence-electron chi connectivity index (χ1n) is 27.4. The van der Waals surface area contributed by atoms with Crippen LogP contribution in [0.5, 0.6) is 0 Å². The smallest absolute Gasteiger partial charge is 0.267 e. The first-order valence-corrected chi connectivity index (χ1v) is 27.4. The van der Waals surface area contributed by atoms with Crippen LogP contribution >= 0.6 is 0 Å². The Morgan fingerprint density at radius 3 is 0.645 bits per heavy atom. The number of amides is 2. The summed E-state index contributed by atoms with van der Waals surface area (Å²) in [6.45, 7) is 4.59. The monoisotopic (exact) mass is 857 g/mol. The van der Waals surface area contributed by atoms with E-state index < -0.39 is 0 Å². The summed E-state index contributed by atoms with van der Waals surface area (Å²) in [5, 5.41) is 0. The van der Waals surface area contributed by atoms with E-state index in [0.717, 1.165) is 12.8 Å². The Morgan fingerprint density at radius 2 is 0.452 bits per heavy atom. The molecule has 0 bridgehead atoms. The molecular weight excluding hydrogens is 757 g/mol. The number of benzene rings is 2. The Bertz CT molecular complexity index is 1170. The molecule has 0 saturated carbocycles. The zero-order chi connectivity index (χ0) is 44.2. The maximum Gasteiger partial charge on any atom is 0.269 e. The van der Waals surface area contributed by atoms with Crippen LogP contribution in [0, 0.1) is 0 Å². The van der Waals surface area contributed by atoms with E-state index >= 15 is 0 Å². The summed E-state index contributed by atoms with van der Waals surface area (Å²) in [5.74, 6) is -0.584. The highest BCUT2D eigenvalue weighted by Crippen LogP contribution is 2.18. The minimum atomic E-state index is -0.292. The van der Waals surface area contributed by atoms with Gasteiger partial charge < -0.3 is 0 Å². The Kier molecular flexibility index (Phi) is 37.9. The highest BCUT2D eigenvalue weighted by Gasteiger charge is 2.10. The van der Waals surface area contributed by atoms with Gasteiger partial charge in [0, 0.05) is 11.1 Å². The van der Waals surface area contributed by atoms with Crippen LogP contribution in [0.4, 0.5) is 0 Å². The molecule has 0 aliphatic rings. The molecule has 354 valence electrons. The van der Waals surface area contributed by atoms with Gasteiger partial charge in [-0.25, -0.2) is 0 Å². The molecular formula is C58H100N2O2. The highest BCUT2D eigenvalue weighted by molar-refractivity contribution is 5.99. The first kappa shape index (κ1) is 55.5. The molecule has 0 spiro atoms. The molecule has 0 heterocycles. The standard InChI is InChI=1S/C58H100N2O2/c1-3-5-7-9-11-13-15-17-19-21-23-25-27-29-31-33-35-37-39-41-43-53-45-49-55(50-46-53)57(61)59-60-58(62)56-51-47-54(48-52-56)44-42-40-38-36-34-32-30-28-26-24-22-20-18-16-14-12-10-8-6-4-2/h45-52H,3-44H2,1-2H3,(H,59,61)(H,60,62). The predicted octanol–water partition coefficient (Wildman–Crippen LogP) is 18.5. The molecule has 0 fully saturated rings. The van der Waals surface area contributed by atoms with Crippen molar-refractivity contribution in [2.45, 2.75) is 284 Å².